The fourth-order valence-corrected chi connectivity index (χ4v) is 1.34. The Morgan fingerprint density at radius 3 is 2.56 bits per heavy atom. The summed E-state index contributed by atoms with van der Waals surface area (Å²) in [5, 5.41) is 2.74. The number of anilines is 1. The first-order valence-corrected chi connectivity index (χ1v) is 6.28. The summed E-state index contributed by atoms with van der Waals surface area (Å²) < 4.78 is 5.45. The molecule has 1 unspecified atom stereocenters. The lowest BCUT2D eigenvalue weighted by Gasteiger charge is -2.11. The summed E-state index contributed by atoms with van der Waals surface area (Å²) in [4.78, 5) is 11.9. The molecule has 0 fully saturated rings. The van der Waals surface area contributed by atoms with Gasteiger partial charge in [-0.25, -0.2) is 0 Å². The van der Waals surface area contributed by atoms with E-state index in [0.717, 1.165) is 12.2 Å². The van der Waals surface area contributed by atoms with E-state index in [9.17, 15) is 4.79 Å². The Hall–Kier alpha value is -1.62. The van der Waals surface area contributed by atoms with E-state index < -0.39 is 5.92 Å². The summed E-state index contributed by atoms with van der Waals surface area (Å²) in [5.41, 5.74) is 6.12. The number of hydrogen-bond donors (Lipinski definition) is 2. The number of benzene rings is 1. The fourth-order valence-electron chi connectivity index (χ4n) is 1.23. The Balaban J connectivity index is 2.58. The maximum absolute atomic E-state index is 11.7. The molecule has 1 aromatic rings. The molecule has 5 heteroatoms. The zero-order valence-corrected chi connectivity index (χ0v) is 11.4. The van der Waals surface area contributed by atoms with Crippen LogP contribution in [0, 0.1) is 5.92 Å². The van der Waals surface area contributed by atoms with Crippen molar-refractivity contribution >= 4 is 28.8 Å². The number of carbonyl (C=O) groups excluding carboxylic acids is 1. The average Bonchev–Trinajstić information content (AvgIpc) is 2.36. The van der Waals surface area contributed by atoms with E-state index >= 15 is 0 Å². The van der Waals surface area contributed by atoms with Crippen LogP contribution in [0.15, 0.2) is 24.3 Å². The zero-order valence-electron chi connectivity index (χ0n) is 10.6. The van der Waals surface area contributed by atoms with Gasteiger partial charge in [0, 0.05) is 5.69 Å². The molecule has 0 spiro atoms. The summed E-state index contributed by atoms with van der Waals surface area (Å²) in [5.74, 6) is 0.109. The minimum absolute atomic E-state index is 0.190. The van der Waals surface area contributed by atoms with Crippen LogP contribution in [0.4, 0.5) is 5.69 Å². The zero-order chi connectivity index (χ0) is 13.5. The van der Waals surface area contributed by atoms with Crippen molar-refractivity contribution in [3.8, 4) is 5.75 Å². The number of nitrogens with one attached hydrogen (secondary N) is 1. The molecule has 1 aromatic carbocycles. The molecule has 98 valence electrons. The third kappa shape index (κ3) is 4.33. The highest BCUT2D eigenvalue weighted by Crippen LogP contribution is 2.16. The molecule has 18 heavy (non-hydrogen) atoms. The van der Waals surface area contributed by atoms with Gasteiger partial charge in [0.25, 0.3) is 0 Å². The molecule has 1 atom stereocenters. The number of nitrogens with two attached hydrogens (primary N) is 1. The Morgan fingerprint density at radius 2 is 2.06 bits per heavy atom. The van der Waals surface area contributed by atoms with Gasteiger partial charge < -0.3 is 15.8 Å². The molecular formula is C13H18N2O2S. The first-order chi connectivity index (χ1) is 8.54. The minimum atomic E-state index is -0.476. The SMILES string of the molecule is CCCOc1ccc(NC(=O)C(C)C(N)=S)cc1. The molecule has 0 bridgehead atoms. The van der Waals surface area contributed by atoms with Crippen molar-refractivity contribution in [2.24, 2.45) is 11.7 Å². The number of hydrogen-bond acceptors (Lipinski definition) is 3. The van der Waals surface area contributed by atoms with Gasteiger partial charge in [-0.05, 0) is 37.6 Å². The predicted octanol–water partition coefficient (Wildman–Crippen LogP) is 2.34. The fraction of sp³-hybridized carbons (Fsp3) is 0.385. The maximum Gasteiger partial charge on any atom is 0.234 e. The topological polar surface area (TPSA) is 64.3 Å². The monoisotopic (exact) mass is 266 g/mol. The van der Waals surface area contributed by atoms with Gasteiger partial charge in [-0.1, -0.05) is 19.1 Å². The van der Waals surface area contributed by atoms with Gasteiger partial charge >= 0.3 is 0 Å². The van der Waals surface area contributed by atoms with E-state index in [-0.39, 0.29) is 10.9 Å². The van der Waals surface area contributed by atoms with E-state index in [0.29, 0.717) is 12.3 Å². The summed E-state index contributed by atoms with van der Waals surface area (Å²) >= 11 is 4.78. The van der Waals surface area contributed by atoms with E-state index in [4.69, 9.17) is 22.7 Å². The summed E-state index contributed by atoms with van der Waals surface area (Å²) in [7, 11) is 0. The molecule has 1 amide bonds. The van der Waals surface area contributed by atoms with Crippen molar-refractivity contribution in [1.82, 2.24) is 0 Å². The van der Waals surface area contributed by atoms with Crippen LogP contribution in [-0.4, -0.2) is 17.5 Å². The van der Waals surface area contributed by atoms with Crippen LogP contribution in [0.5, 0.6) is 5.75 Å². The predicted molar refractivity (Wildman–Crippen MR) is 76.8 cm³/mol. The second-order valence-corrected chi connectivity index (χ2v) is 4.46. The maximum atomic E-state index is 11.7. The Morgan fingerprint density at radius 1 is 1.44 bits per heavy atom. The molecule has 0 radical (unpaired) electrons. The van der Waals surface area contributed by atoms with Gasteiger partial charge in [0.2, 0.25) is 5.91 Å². The van der Waals surface area contributed by atoms with E-state index in [1.807, 2.05) is 19.1 Å². The molecule has 1 rings (SSSR count). The molecule has 0 aliphatic carbocycles. The second-order valence-electron chi connectivity index (χ2n) is 3.99. The van der Waals surface area contributed by atoms with Gasteiger partial charge in [-0.3, -0.25) is 4.79 Å². The largest absolute Gasteiger partial charge is 0.494 e. The van der Waals surface area contributed by atoms with Crippen molar-refractivity contribution in [3.63, 3.8) is 0 Å². The van der Waals surface area contributed by atoms with Crippen LogP contribution in [0.1, 0.15) is 20.3 Å². The van der Waals surface area contributed by atoms with Crippen LogP contribution in [0.25, 0.3) is 0 Å². The van der Waals surface area contributed by atoms with Crippen molar-refractivity contribution < 1.29 is 9.53 Å². The number of rotatable bonds is 6. The van der Waals surface area contributed by atoms with Gasteiger partial charge in [0.05, 0.1) is 17.5 Å². The van der Waals surface area contributed by atoms with Gasteiger partial charge in [-0.15, -0.1) is 0 Å². The lowest BCUT2D eigenvalue weighted by molar-refractivity contribution is -0.117. The normalized spacial score (nSPS) is 11.7. The van der Waals surface area contributed by atoms with Gasteiger partial charge in [-0.2, -0.15) is 0 Å². The molecule has 0 aromatic heterocycles. The van der Waals surface area contributed by atoms with Crippen LogP contribution in [0.2, 0.25) is 0 Å². The Bertz CT molecular complexity index is 418. The summed E-state index contributed by atoms with van der Waals surface area (Å²) in [6.45, 7) is 4.41. The van der Waals surface area contributed by atoms with Crippen molar-refractivity contribution in [2.45, 2.75) is 20.3 Å². The minimum Gasteiger partial charge on any atom is -0.494 e. The van der Waals surface area contributed by atoms with Crippen molar-refractivity contribution in [1.29, 1.82) is 0 Å². The third-order valence-corrected chi connectivity index (χ3v) is 2.77. The highest BCUT2D eigenvalue weighted by atomic mass is 32.1. The first-order valence-electron chi connectivity index (χ1n) is 5.87. The standard InChI is InChI=1S/C13H18N2O2S/c1-3-8-17-11-6-4-10(5-7-11)15-13(16)9(2)12(14)18/h4-7,9H,3,8H2,1-2H3,(H2,14,18)(H,15,16). The quantitative estimate of drug-likeness (QED) is 0.776. The summed E-state index contributed by atoms with van der Waals surface area (Å²) in [6.07, 6.45) is 0.962. The first kappa shape index (κ1) is 14.4. The molecule has 0 aliphatic rings. The Labute approximate surface area is 113 Å². The summed E-state index contributed by atoms with van der Waals surface area (Å²) in [6, 6.07) is 7.21. The molecular weight excluding hydrogens is 248 g/mol. The van der Waals surface area contributed by atoms with Crippen LogP contribution in [-0.2, 0) is 4.79 Å². The smallest absolute Gasteiger partial charge is 0.234 e. The van der Waals surface area contributed by atoms with Crippen molar-refractivity contribution in [2.75, 3.05) is 11.9 Å². The third-order valence-electron chi connectivity index (χ3n) is 2.41. The van der Waals surface area contributed by atoms with Gasteiger partial charge in [0.1, 0.15) is 5.75 Å². The number of thiocarbonyl (C=S) groups is 1. The number of carbonyl (C=O) groups is 1. The molecule has 0 saturated carbocycles. The number of ether oxygens (including phenoxy) is 1. The van der Waals surface area contributed by atoms with Gasteiger partial charge in [0.15, 0.2) is 0 Å². The highest BCUT2D eigenvalue weighted by Gasteiger charge is 2.15. The second kappa shape index (κ2) is 6.96. The average molecular weight is 266 g/mol. The van der Waals surface area contributed by atoms with E-state index in [2.05, 4.69) is 5.32 Å². The number of amides is 1. The van der Waals surface area contributed by atoms with Crippen LogP contribution in [0.3, 0.4) is 0 Å². The lowest BCUT2D eigenvalue weighted by atomic mass is 10.1. The van der Waals surface area contributed by atoms with E-state index in [1.54, 1.807) is 19.1 Å². The Kier molecular flexibility index (Phi) is 5.58. The highest BCUT2D eigenvalue weighted by molar-refractivity contribution is 7.80. The molecule has 0 heterocycles. The van der Waals surface area contributed by atoms with Crippen LogP contribution < -0.4 is 15.8 Å². The molecule has 0 saturated heterocycles. The van der Waals surface area contributed by atoms with E-state index in [1.165, 1.54) is 0 Å². The molecule has 4 nitrogen and oxygen atoms in total. The molecule has 0 aliphatic heterocycles. The molecule has 3 N–H and O–H groups in total. The lowest BCUT2D eigenvalue weighted by Crippen LogP contribution is -2.30. The van der Waals surface area contributed by atoms with Crippen LogP contribution >= 0.6 is 12.2 Å². The van der Waals surface area contributed by atoms with Crippen molar-refractivity contribution in [3.05, 3.63) is 24.3 Å².